The molecule has 89 heavy (non-hydrogen) atoms. The summed E-state index contributed by atoms with van der Waals surface area (Å²) in [6, 6.07) is 15.1. The van der Waals surface area contributed by atoms with Gasteiger partial charge in [0.25, 0.3) is 11.8 Å². The van der Waals surface area contributed by atoms with E-state index < -0.39 is 130 Å². The number of imide groups is 1. The Morgan fingerprint density at radius 3 is 1.30 bits per heavy atom. The second-order valence-electron chi connectivity index (χ2n) is 19.3. The number of aliphatic carboxylic acids is 2. The molecule has 0 unspecified atom stereocenters. The zero-order valence-electron chi connectivity index (χ0n) is 49.2. The summed E-state index contributed by atoms with van der Waals surface area (Å²) in [5.74, 6) is -9.44. The van der Waals surface area contributed by atoms with Gasteiger partial charge in [0.1, 0.15) is 32.0 Å². The summed E-state index contributed by atoms with van der Waals surface area (Å²) >= 11 is 0. The van der Waals surface area contributed by atoms with Crippen LogP contribution in [0.2, 0.25) is 0 Å². The van der Waals surface area contributed by atoms with E-state index in [0.29, 0.717) is 30.4 Å². The highest BCUT2D eigenvalue weighted by molar-refractivity contribution is 6.12. The van der Waals surface area contributed by atoms with Crippen molar-refractivity contribution in [1.82, 2.24) is 57.7 Å². The van der Waals surface area contributed by atoms with Crippen LogP contribution in [0.1, 0.15) is 49.7 Å². The quantitative estimate of drug-likeness (QED) is 0.0169. The van der Waals surface area contributed by atoms with E-state index >= 15 is 0 Å². The summed E-state index contributed by atoms with van der Waals surface area (Å²) in [5, 5.41) is 38.9. The molecule has 2 atom stereocenters. The number of carbonyl (C=O) groups excluding carboxylic acids is 12. The van der Waals surface area contributed by atoms with Gasteiger partial charge in [0.05, 0.1) is 85.6 Å². The highest BCUT2D eigenvalue weighted by Gasteiger charge is 2.25. The van der Waals surface area contributed by atoms with Crippen molar-refractivity contribution in [3.63, 3.8) is 0 Å². The van der Waals surface area contributed by atoms with E-state index in [-0.39, 0.29) is 122 Å². The van der Waals surface area contributed by atoms with Crippen molar-refractivity contribution in [2.45, 2.75) is 63.5 Å². The Morgan fingerprint density at radius 1 is 0.427 bits per heavy atom. The van der Waals surface area contributed by atoms with Gasteiger partial charge in [0, 0.05) is 63.9 Å². The van der Waals surface area contributed by atoms with E-state index in [1.54, 1.807) is 65.6 Å². The third-order valence-corrected chi connectivity index (χ3v) is 12.3. The Balaban J connectivity index is 1.30. The Hall–Kier alpha value is -9.24. The van der Waals surface area contributed by atoms with Gasteiger partial charge in [-0.3, -0.25) is 67.2 Å². The fraction of sp³-hybridized carbons (Fsp3) is 0.509. The Labute approximate surface area is 512 Å². The van der Waals surface area contributed by atoms with Crippen LogP contribution in [0, 0.1) is 0 Å². The topological polar surface area (TPSA) is 440 Å². The number of unbranched alkanes of at least 4 members (excludes halogenated alkanes) is 2. The van der Waals surface area contributed by atoms with Crippen molar-refractivity contribution in [2.24, 2.45) is 0 Å². The number of nitrogens with zero attached hydrogens (tertiary/aromatic N) is 2. The molecule has 0 bridgehead atoms. The van der Waals surface area contributed by atoms with Crippen molar-refractivity contribution in [3.8, 4) is 0 Å². The Bertz CT molecular complexity index is 2670. The molecule has 0 aromatic heterocycles. The smallest absolute Gasteiger partial charge is 0.329 e. The fourth-order valence-electron chi connectivity index (χ4n) is 7.75. The van der Waals surface area contributed by atoms with Crippen LogP contribution < -0.4 is 47.9 Å². The molecule has 0 spiro atoms. The van der Waals surface area contributed by atoms with Crippen molar-refractivity contribution < 1.29 is 101 Å². The van der Waals surface area contributed by atoms with E-state index in [2.05, 4.69) is 47.9 Å². The average molecular weight is 1250 g/mol. The minimum atomic E-state index is -1.27. The van der Waals surface area contributed by atoms with E-state index in [0.717, 1.165) is 4.90 Å². The van der Waals surface area contributed by atoms with Crippen molar-refractivity contribution in [2.75, 3.05) is 125 Å². The number of hydrogen-bond acceptors (Lipinski definition) is 19. The van der Waals surface area contributed by atoms with Gasteiger partial charge in [-0.1, -0.05) is 67.1 Å². The van der Waals surface area contributed by atoms with Gasteiger partial charge >= 0.3 is 11.9 Å². The van der Waals surface area contributed by atoms with Gasteiger partial charge in [-0.05, 0) is 24.0 Å². The van der Waals surface area contributed by atoms with Gasteiger partial charge < -0.3 is 86.6 Å². The molecule has 0 fully saturated rings. The predicted molar refractivity (Wildman–Crippen MR) is 310 cm³/mol. The molecule has 12 amide bonds. The Morgan fingerprint density at radius 2 is 0.843 bits per heavy atom. The number of carbonyl (C=O) groups is 14. The molecule has 488 valence electrons. The molecular weight excluding hydrogens is 1170 g/mol. The summed E-state index contributed by atoms with van der Waals surface area (Å²) in [6.07, 6.45) is 4.06. The molecule has 2 aromatic carbocycles. The highest BCUT2D eigenvalue weighted by atomic mass is 16.5. The standard InChI is InChI=1S/C57H79N11O21/c69-44(58-32-46(71)60-35-49(74)65-42(30-40-10-4-1-5-11-40)56(83)62-34-48(73)64-39-89-38-55(81)82)17-22-85-26-28-87-24-20-67(51(76)14-8-3-9-19-68-52(77)15-16-53(68)78)21-25-88-29-27-86-23-18-45(70)59-33-47(72)61-36-50(75)66-43(57(84)63-37-54(79)80)31-41-12-6-2-7-13-41/h1-2,4-7,10-13,15-16,42-43H,3,8-9,14,17-39H2,(H,58,69)(H,59,70)(H,60,71)(H,61,72)(H,62,83)(H,63,84)(H,64,73)(H,65,74)(H,66,75)(H,79,80)(H,81,82)/t42-,43-/m0/s1. The maximum atomic E-state index is 13.3. The summed E-state index contributed by atoms with van der Waals surface area (Å²) in [5.41, 5.74) is 1.38. The summed E-state index contributed by atoms with van der Waals surface area (Å²) in [6.45, 7) is -2.92. The normalized spacial score (nSPS) is 12.2. The lowest BCUT2D eigenvalue weighted by atomic mass is 10.1. The number of carboxylic acid groups (broad SMARTS) is 2. The number of benzene rings is 2. The maximum absolute atomic E-state index is 13.3. The van der Waals surface area contributed by atoms with E-state index in [4.69, 9.17) is 33.9 Å². The van der Waals surface area contributed by atoms with Crippen LogP contribution >= 0.6 is 0 Å². The molecule has 32 nitrogen and oxygen atoms in total. The number of hydrogen-bond donors (Lipinski definition) is 11. The SMILES string of the molecule is O=C(O)CNC(=O)[C@H](Cc1ccccc1)NC(=O)CNC(=O)CNC(=O)CCOCCOCCN(CCOCCOCCC(=O)NCC(=O)NCC(=O)N[C@@H](Cc1ccccc1)C(=O)NCC(=O)NCOCC(=O)O)C(=O)CCCCCN1C(=O)C=CC1=O. The molecule has 3 rings (SSSR count). The molecule has 0 saturated heterocycles. The zero-order chi connectivity index (χ0) is 65.0. The lowest BCUT2D eigenvalue weighted by Gasteiger charge is -2.23. The first-order chi connectivity index (χ1) is 42.8. The summed E-state index contributed by atoms with van der Waals surface area (Å²) < 4.78 is 27.0. The minimum absolute atomic E-state index is 0.0135. The predicted octanol–water partition coefficient (Wildman–Crippen LogP) is -4.44. The van der Waals surface area contributed by atoms with Crippen LogP contribution in [-0.2, 0) is 104 Å². The van der Waals surface area contributed by atoms with Crippen LogP contribution in [-0.4, -0.2) is 240 Å². The van der Waals surface area contributed by atoms with E-state index in [1.807, 2.05) is 0 Å². The molecule has 32 heteroatoms. The monoisotopic (exact) mass is 1250 g/mol. The van der Waals surface area contributed by atoms with Crippen LogP contribution in [0.4, 0.5) is 0 Å². The van der Waals surface area contributed by atoms with Gasteiger partial charge in [0.2, 0.25) is 59.1 Å². The molecule has 0 radical (unpaired) electrons. The van der Waals surface area contributed by atoms with Gasteiger partial charge in [0.15, 0.2) is 0 Å². The highest BCUT2D eigenvalue weighted by Crippen LogP contribution is 2.10. The minimum Gasteiger partial charge on any atom is -0.480 e. The average Bonchev–Trinajstić information content (AvgIpc) is 4.07. The van der Waals surface area contributed by atoms with Gasteiger partial charge in [-0.15, -0.1) is 0 Å². The number of ether oxygens (including phenoxy) is 5. The van der Waals surface area contributed by atoms with Crippen LogP contribution in [0.3, 0.4) is 0 Å². The number of rotatable bonds is 48. The molecule has 0 saturated carbocycles. The third-order valence-electron chi connectivity index (χ3n) is 12.3. The van der Waals surface area contributed by atoms with Gasteiger partial charge in [-0.2, -0.15) is 0 Å². The lowest BCUT2D eigenvalue weighted by Crippen LogP contribution is -2.52. The maximum Gasteiger partial charge on any atom is 0.329 e. The molecule has 1 aliphatic heterocycles. The second-order valence-corrected chi connectivity index (χ2v) is 19.3. The molecule has 1 aliphatic rings. The summed E-state index contributed by atoms with van der Waals surface area (Å²) in [7, 11) is 0. The first-order valence-electron chi connectivity index (χ1n) is 28.5. The first kappa shape index (κ1) is 74.0. The molecule has 2 aromatic rings. The van der Waals surface area contributed by atoms with Crippen molar-refractivity contribution in [1.29, 1.82) is 0 Å². The third kappa shape index (κ3) is 35.2. The number of amides is 12. The van der Waals surface area contributed by atoms with E-state index in [9.17, 15) is 67.1 Å². The molecule has 0 aliphatic carbocycles. The van der Waals surface area contributed by atoms with Crippen molar-refractivity contribution >= 4 is 82.8 Å². The summed E-state index contributed by atoms with van der Waals surface area (Å²) in [4.78, 5) is 174. The van der Waals surface area contributed by atoms with Crippen molar-refractivity contribution in [3.05, 3.63) is 83.9 Å². The largest absolute Gasteiger partial charge is 0.480 e. The number of carboxylic acids is 2. The van der Waals surface area contributed by atoms with E-state index in [1.165, 1.54) is 12.2 Å². The first-order valence-corrected chi connectivity index (χ1v) is 28.5. The molecule has 11 N–H and O–H groups in total. The van der Waals surface area contributed by atoms with Crippen LogP contribution in [0.5, 0.6) is 0 Å². The second kappa shape index (κ2) is 44.2. The zero-order valence-corrected chi connectivity index (χ0v) is 49.2. The van der Waals surface area contributed by atoms with Crippen LogP contribution in [0.15, 0.2) is 72.8 Å². The number of nitrogens with one attached hydrogen (secondary N) is 9. The molecular formula is C57H79N11O21. The van der Waals surface area contributed by atoms with Gasteiger partial charge in [-0.25, -0.2) is 4.79 Å². The molecule has 1 heterocycles. The fourth-order valence-corrected chi connectivity index (χ4v) is 7.75. The lowest BCUT2D eigenvalue weighted by molar-refractivity contribution is -0.143. The van der Waals surface area contributed by atoms with Crippen LogP contribution in [0.25, 0.3) is 0 Å². The Kier molecular flexibility index (Phi) is 36.8.